The normalized spacial score (nSPS) is 16.8. The zero-order valence-corrected chi connectivity index (χ0v) is 14.5. The summed E-state index contributed by atoms with van der Waals surface area (Å²) in [5, 5.41) is 21.3. The van der Waals surface area contributed by atoms with Gasteiger partial charge in [0.05, 0.1) is 11.7 Å². The highest BCUT2D eigenvalue weighted by Gasteiger charge is 2.31. The second kappa shape index (κ2) is 7.31. The van der Waals surface area contributed by atoms with Crippen LogP contribution in [0.5, 0.6) is 0 Å². The molecule has 2 heterocycles. The standard InChI is InChI=1S/C19H21N5O/c1-3-15-16(11-20)19(23-22-17(15)4-2)21-13-10-18(25)24(12-13)14-8-6-5-7-9-14/h5-9,13H,3-4,10,12H2,1-2H3,(H,21,23). The molecule has 0 bridgehead atoms. The number of aryl methyl sites for hydroxylation is 1. The minimum absolute atomic E-state index is 0.0658. The molecular formula is C19H21N5O. The van der Waals surface area contributed by atoms with Gasteiger partial charge in [-0.1, -0.05) is 32.0 Å². The summed E-state index contributed by atoms with van der Waals surface area (Å²) in [5.74, 6) is 0.542. The molecule has 1 unspecified atom stereocenters. The van der Waals surface area contributed by atoms with Crippen LogP contribution in [0.1, 0.15) is 37.1 Å². The number of nitrogens with one attached hydrogen (secondary N) is 1. The van der Waals surface area contributed by atoms with Crippen molar-refractivity contribution in [1.82, 2.24) is 10.2 Å². The van der Waals surface area contributed by atoms with Gasteiger partial charge in [0.15, 0.2) is 5.82 Å². The lowest BCUT2D eigenvalue weighted by atomic mass is 10.0. The first-order chi connectivity index (χ1) is 12.2. The van der Waals surface area contributed by atoms with Gasteiger partial charge in [-0.15, -0.1) is 5.10 Å². The van der Waals surface area contributed by atoms with Crippen LogP contribution in [0.25, 0.3) is 0 Å². The molecule has 0 saturated carbocycles. The van der Waals surface area contributed by atoms with Crippen LogP contribution in [0.2, 0.25) is 0 Å². The van der Waals surface area contributed by atoms with Crippen molar-refractivity contribution in [2.45, 2.75) is 39.2 Å². The van der Waals surface area contributed by atoms with E-state index in [1.54, 1.807) is 4.90 Å². The molecule has 1 aromatic carbocycles. The molecule has 0 radical (unpaired) electrons. The first-order valence-electron chi connectivity index (χ1n) is 8.58. The average molecular weight is 335 g/mol. The number of amides is 1. The summed E-state index contributed by atoms with van der Waals surface area (Å²) in [4.78, 5) is 14.1. The van der Waals surface area contributed by atoms with E-state index in [1.165, 1.54) is 0 Å². The Bertz CT molecular complexity index is 813. The summed E-state index contributed by atoms with van der Waals surface area (Å²) in [7, 11) is 0. The molecule has 6 heteroatoms. The minimum atomic E-state index is -0.0914. The number of para-hydroxylation sites is 1. The van der Waals surface area contributed by atoms with Crippen molar-refractivity contribution in [1.29, 1.82) is 5.26 Å². The van der Waals surface area contributed by atoms with Crippen molar-refractivity contribution >= 4 is 17.4 Å². The molecule has 1 atom stereocenters. The molecule has 1 amide bonds. The fraction of sp³-hybridized carbons (Fsp3) is 0.368. The van der Waals surface area contributed by atoms with E-state index in [4.69, 9.17) is 0 Å². The highest BCUT2D eigenvalue weighted by atomic mass is 16.2. The van der Waals surface area contributed by atoms with E-state index in [-0.39, 0.29) is 11.9 Å². The Morgan fingerprint density at radius 2 is 2.00 bits per heavy atom. The minimum Gasteiger partial charge on any atom is -0.362 e. The number of carbonyl (C=O) groups is 1. The van der Waals surface area contributed by atoms with Crippen molar-refractivity contribution in [3.63, 3.8) is 0 Å². The van der Waals surface area contributed by atoms with E-state index in [0.717, 1.165) is 29.8 Å². The number of aromatic nitrogens is 2. The summed E-state index contributed by atoms with van der Waals surface area (Å²) in [5.41, 5.74) is 3.23. The third-order valence-electron chi connectivity index (χ3n) is 4.49. The molecule has 1 saturated heterocycles. The number of benzene rings is 1. The molecule has 25 heavy (non-hydrogen) atoms. The van der Waals surface area contributed by atoms with Gasteiger partial charge in [-0.25, -0.2) is 0 Å². The van der Waals surface area contributed by atoms with Gasteiger partial charge in [-0.05, 0) is 30.5 Å². The monoisotopic (exact) mass is 335 g/mol. The Balaban J connectivity index is 1.82. The molecule has 3 rings (SSSR count). The SMILES string of the molecule is CCc1nnc(NC2CC(=O)N(c3ccccc3)C2)c(C#N)c1CC. The Labute approximate surface area is 147 Å². The van der Waals surface area contributed by atoms with Gasteiger partial charge in [-0.3, -0.25) is 4.79 Å². The van der Waals surface area contributed by atoms with Crippen LogP contribution >= 0.6 is 0 Å². The van der Waals surface area contributed by atoms with E-state index < -0.39 is 0 Å². The molecule has 0 spiro atoms. The van der Waals surface area contributed by atoms with Crippen LogP contribution in [0.15, 0.2) is 30.3 Å². The van der Waals surface area contributed by atoms with Crippen LogP contribution in [0.3, 0.4) is 0 Å². The van der Waals surface area contributed by atoms with Gasteiger partial charge >= 0.3 is 0 Å². The van der Waals surface area contributed by atoms with Gasteiger partial charge in [0.2, 0.25) is 5.91 Å². The van der Waals surface area contributed by atoms with Crippen molar-refractivity contribution < 1.29 is 4.79 Å². The van der Waals surface area contributed by atoms with Gasteiger partial charge in [-0.2, -0.15) is 10.4 Å². The zero-order valence-electron chi connectivity index (χ0n) is 14.5. The number of rotatable bonds is 5. The summed E-state index contributed by atoms with van der Waals surface area (Å²) in [6.45, 7) is 4.56. The van der Waals surface area contributed by atoms with E-state index >= 15 is 0 Å². The predicted octanol–water partition coefficient (Wildman–Crippen LogP) is 2.69. The Morgan fingerprint density at radius 1 is 1.24 bits per heavy atom. The van der Waals surface area contributed by atoms with Crippen LogP contribution < -0.4 is 10.2 Å². The van der Waals surface area contributed by atoms with Gasteiger partial charge in [0.25, 0.3) is 0 Å². The fourth-order valence-electron chi connectivity index (χ4n) is 3.25. The summed E-state index contributed by atoms with van der Waals surface area (Å²) < 4.78 is 0. The van der Waals surface area contributed by atoms with Crippen molar-refractivity contribution in [3.8, 4) is 6.07 Å². The van der Waals surface area contributed by atoms with Gasteiger partial charge in [0.1, 0.15) is 11.6 Å². The van der Waals surface area contributed by atoms with Crippen LogP contribution in [-0.2, 0) is 17.6 Å². The lowest BCUT2D eigenvalue weighted by Crippen LogP contribution is -2.28. The van der Waals surface area contributed by atoms with Crippen LogP contribution in [-0.4, -0.2) is 28.7 Å². The number of anilines is 2. The molecule has 1 fully saturated rings. The largest absolute Gasteiger partial charge is 0.362 e. The second-order valence-electron chi connectivity index (χ2n) is 6.05. The highest BCUT2D eigenvalue weighted by molar-refractivity contribution is 5.96. The molecule has 6 nitrogen and oxygen atoms in total. The third-order valence-corrected chi connectivity index (χ3v) is 4.49. The van der Waals surface area contributed by atoms with Gasteiger partial charge in [0, 0.05) is 18.7 Å². The molecule has 1 N–H and O–H groups in total. The maximum atomic E-state index is 12.3. The molecule has 2 aromatic rings. The lowest BCUT2D eigenvalue weighted by molar-refractivity contribution is -0.117. The number of hydrogen-bond acceptors (Lipinski definition) is 5. The van der Waals surface area contributed by atoms with Crippen LogP contribution in [0.4, 0.5) is 11.5 Å². The van der Waals surface area contributed by atoms with E-state index in [9.17, 15) is 10.1 Å². The average Bonchev–Trinajstić information content (AvgIpc) is 3.02. The number of nitrogens with zero attached hydrogens (tertiary/aromatic N) is 4. The number of nitriles is 1. The van der Waals surface area contributed by atoms with E-state index in [2.05, 4.69) is 21.6 Å². The summed E-state index contributed by atoms with van der Waals surface area (Å²) >= 11 is 0. The van der Waals surface area contributed by atoms with Crippen LogP contribution in [0, 0.1) is 11.3 Å². The maximum Gasteiger partial charge on any atom is 0.229 e. The highest BCUT2D eigenvalue weighted by Crippen LogP contribution is 2.25. The topological polar surface area (TPSA) is 81.9 Å². The predicted molar refractivity (Wildman–Crippen MR) is 96.3 cm³/mol. The molecular weight excluding hydrogens is 314 g/mol. The van der Waals surface area contributed by atoms with Gasteiger partial charge < -0.3 is 10.2 Å². The Kier molecular flexibility index (Phi) is 4.94. The second-order valence-corrected chi connectivity index (χ2v) is 6.05. The fourth-order valence-corrected chi connectivity index (χ4v) is 3.25. The molecule has 1 aliphatic heterocycles. The number of carbonyl (C=O) groups excluding carboxylic acids is 1. The van der Waals surface area contributed by atoms with E-state index in [0.29, 0.717) is 24.3 Å². The maximum absolute atomic E-state index is 12.3. The van der Waals surface area contributed by atoms with Crippen molar-refractivity contribution in [2.75, 3.05) is 16.8 Å². The summed E-state index contributed by atoms with van der Waals surface area (Å²) in [6, 6.07) is 11.8. The quantitative estimate of drug-likeness (QED) is 0.908. The molecule has 128 valence electrons. The molecule has 1 aliphatic rings. The van der Waals surface area contributed by atoms with Crippen molar-refractivity contribution in [3.05, 3.63) is 47.2 Å². The first kappa shape index (κ1) is 16.9. The zero-order chi connectivity index (χ0) is 17.8. The van der Waals surface area contributed by atoms with E-state index in [1.807, 2.05) is 44.2 Å². The number of hydrogen-bond donors (Lipinski definition) is 1. The lowest BCUT2D eigenvalue weighted by Gasteiger charge is -2.18. The first-order valence-corrected chi connectivity index (χ1v) is 8.58. The molecule has 0 aliphatic carbocycles. The Morgan fingerprint density at radius 3 is 2.64 bits per heavy atom. The third kappa shape index (κ3) is 3.31. The summed E-state index contributed by atoms with van der Waals surface area (Å²) in [6.07, 6.45) is 1.85. The smallest absolute Gasteiger partial charge is 0.229 e. The Hall–Kier alpha value is -2.94. The van der Waals surface area contributed by atoms with Crippen molar-refractivity contribution in [2.24, 2.45) is 0 Å². The molecule has 1 aromatic heterocycles.